The van der Waals surface area contributed by atoms with E-state index in [0.717, 1.165) is 36.6 Å². The van der Waals surface area contributed by atoms with Gasteiger partial charge in [0.05, 0.1) is 24.5 Å². The Hall–Kier alpha value is -1.07. The molecule has 0 aromatic carbocycles. The lowest BCUT2D eigenvalue weighted by Gasteiger charge is -2.17. The average molecular weight is 241 g/mol. The third-order valence-electron chi connectivity index (χ3n) is 2.84. The fraction of sp³-hybridized carbons (Fsp3) is 0.750. The highest BCUT2D eigenvalue weighted by Gasteiger charge is 2.15. The van der Waals surface area contributed by atoms with Crippen molar-refractivity contribution in [1.29, 1.82) is 0 Å². The molecule has 0 saturated carbocycles. The molecule has 0 radical (unpaired) electrons. The number of aromatic nitrogens is 2. The highest BCUT2D eigenvalue weighted by molar-refractivity contribution is 5.30. The summed E-state index contributed by atoms with van der Waals surface area (Å²) in [6.07, 6.45) is 0.521. The number of rotatable bonds is 6. The van der Waals surface area contributed by atoms with Crippen molar-refractivity contribution in [1.82, 2.24) is 14.7 Å². The molecular formula is C12H23N3O2. The first-order chi connectivity index (χ1) is 7.95. The molecule has 0 amide bonds. The largest absolute Gasteiger partial charge is 0.481 e. The molecule has 98 valence electrons. The van der Waals surface area contributed by atoms with Gasteiger partial charge in [-0.15, -0.1) is 0 Å². The van der Waals surface area contributed by atoms with Crippen molar-refractivity contribution >= 4 is 0 Å². The van der Waals surface area contributed by atoms with E-state index >= 15 is 0 Å². The molecule has 1 N–H and O–H groups in total. The standard InChI is InChI=1S/C12H23N3O2/c1-9(16)6-7-14(3)8-11-10(2)13-15(4)12(11)17-5/h9,16H,6-8H2,1-5H3. The van der Waals surface area contributed by atoms with Crippen molar-refractivity contribution in [2.24, 2.45) is 7.05 Å². The molecular weight excluding hydrogens is 218 g/mol. The SMILES string of the molecule is COc1c(CN(C)CCC(C)O)c(C)nn1C. The Morgan fingerprint density at radius 2 is 2.18 bits per heavy atom. The van der Waals surface area contributed by atoms with E-state index in [9.17, 15) is 5.11 Å². The van der Waals surface area contributed by atoms with Gasteiger partial charge in [0, 0.05) is 20.1 Å². The van der Waals surface area contributed by atoms with Crippen LogP contribution in [0.5, 0.6) is 5.88 Å². The summed E-state index contributed by atoms with van der Waals surface area (Å²) < 4.78 is 7.10. The Morgan fingerprint density at radius 3 is 2.71 bits per heavy atom. The van der Waals surface area contributed by atoms with E-state index in [4.69, 9.17) is 4.74 Å². The summed E-state index contributed by atoms with van der Waals surface area (Å²) in [7, 11) is 5.58. The molecule has 0 fully saturated rings. The summed E-state index contributed by atoms with van der Waals surface area (Å²) in [6, 6.07) is 0. The molecule has 1 rings (SSSR count). The first-order valence-electron chi connectivity index (χ1n) is 5.88. The van der Waals surface area contributed by atoms with Crippen LogP contribution in [0.1, 0.15) is 24.6 Å². The summed E-state index contributed by atoms with van der Waals surface area (Å²) in [5.74, 6) is 0.811. The topological polar surface area (TPSA) is 50.5 Å². The molecule has 0 saturated heterocycles. The molecule has 1 atom stereocenters. The second-order valence-corrected chi connectivity index (χ2v) is 4.57. The van der Waals surface area contributed by atoms with Crippen LogP contribution in [0.3, 0.4) is 0 Å². The predicted octanol–water partition coefficient (Wildman–Crippen LogP) is 0.940. The van der Waals surface area contributed by atoms with Gasteiger partial charge in [-0.25, -0.2) is 4.68 Å². The second-order valence-electron chi connectivity index (χ2n) is 4.57. The lowest BCUT2D eigenvalue weighted by molar-refractivity contribution is 0.162. The predicted molar refractivity (Wildman–Crippen MR) is 67.1 cm³/mol. The first kappa shape index (κ1) is 14.0. The van der Waals surface area contributed by atoms with Crippen LogP contribution in [0.2, 0.25) is 0 Å². The van der Waals surface area contributed by atoms with Gasteiger partial charge < -0.3 is 14.7 Å². The highest BCUT2D eigenvalue weighted by atomic mass is 16.5. The molecule has 0 aliphatic rings. The van der Waals surface area contributed by atoms with Crippen molar-refractivity contribution in [3.05, 3.63) is 11.3 Å². The van der Waals surface area contributed by atoms with Crippen LogP contribution in [0.4, 0.5) is 0 Å². The smallest absolute Gasteiger partial charge is 0.216 e. The van der Waals surface area contributed by atoms with Gasteiger partial charge in [-0.3, -0.25) is 0 Å². The van der Waals surface area contributed by atoms with Crippen LogP contribution < -0.4 is 4.74 Å². The van der Waals surface area contributed by atoms with Crippen LogP contribution >= 0.6 is 0 Å². The monoisotopic (exact) mass is 241 g/mol. The van der Waals surface area contributed by atoms with Crippen LogP contribution in [0.15, 0.2) is 0 Å². The van der Waals surface area contributed by atoms with Crippen LogP contribution in [-0.2, 0) is 13.6 Å². The molecule has 0 spiro atoms. The Labute approximate surface area is 103 Å². The first-order valence-corrected chi connectivity index (χ1v) is 5.88. The zero-order valence-electron chi connectivity index (χ0n) is 11.4. The van der Waals surface area contributed by atoms with Gasteiger partial charge in [0.25, 0.3) is 0 Å². The molecule has 5 heteroatoms. The third kappa shape index (κ3) is 3.71. The molecule has 17 heavy (non-hydrogen) atoms. The van der Waals surface area contributed by atoms with Crippen LogP contribution in [0.25, 0.3) is 0 Å². The molecule has 0 bridgehead atoms. The van der Waals surface area contributed by atoms with Gasteiger partial charge >= 0.3 is 0 Å². The number of aryl methyl sites for hydroxylation is 2. The lowest BCUT2D eigenvalue weighted by atomic mass is 10.2. The van der Waals surface area contributed by atoms with E-state index in [-0.39, 0.29) is 6.10 Å². The number of hydrogen-bond acceptors (Lipinski definition) is 4. The fourth-order valence-corrected chi connectivity index (χ4v) is 1.87. The van der Waals surface area contributed by atoms with Gasteiger partial charge in [-0.05, 0) is 27.3 Å². The van der Waals surface area contributed by atoms with Gasteiger partial charge in [0.15, 0.2) is 0 Å². The Kier molecular flexibility index (Phi) is 4.96. The molecule has 1 aromatic heterocycles. The number of methoxy groups -OCH3 is 1. The quantitative estimate of drug-likeness (QED) is 0.805. The van der Waals surface area contributed by atoms with Crippen molar-refractivity contribution in [2.75, 3.05) is 20.7 Å². The van der Waals surface area contributed by atoms with Crippen LogP contribution in [0, 0.1) is 6.92 Å². The summed E-state index contributed by atoms with van der Waals surface area (Å²) in [6.45, 7) is 5.44. The van der Waals surface area contributed by atoms with E-state index in [1.807, 2.05) is 27.9 Å². The van der Waals surface area contributed by atoms with Gasteiger partial charge in [-0.1, -0.05) is 0 Å². The maximum absolute atomic E-state index is 9.26. The minimum absolute atomic E-state index is 0.255. The van der Waals surface area contributed by atoms with Gasteiger partial charge in [0.2, 0.25) is 5.88 Å². The fourth-order valence-electron chi connectivity index (χ4n) is 1.87. The number of aliphatic hydroxyl groups is 1. The normalized spacial score (nSPS) is 13.1. The van der Waals surface area contributed by atoms with E-state index in [1.54, 1.807) is 11.8 Å². The summed E-state index contributed by atoms with van der Waals surface area (Å²) in [5, 5.41) is 13.6. The van der Waals surface area contributed by atoms with E-state index in [1.165, 1.54) is 0 Å². The molecule has 1 heterocycles. The molecule has 0 aliphatic heterocycles. The third-order valence-corrected chi connectivity index (χ3v) is 2.84. The van der Waals surface area contributed by atoms with Crippen LogP contribution in [-0.4, -0.2) is 46.6 Å². The maximum Gasteiger partial charge on any atom is 0.216 e. The Bertz CT molecular complexity index is 361. The van der Waals surface area contributed by atoms with E-state index in [0.29, 0.717) is 0 Å². The lowest BCUT2D eigenvalue weighted by Crippen LogP contribution is -2.22. The second kappa shape index (κ2) is 6.02. The Balaban J connectivity index is 2.67. The van der Waals surface area contributed by atoms with Crippen molar-refractivity contribution in [2.45, 2.75) is 32.9 Å². The van der Waals surface area contributed by atoms with Crippen molar-refractivity contribution in [3.8, 4) is 5.88 Å². The van der Waals surface area contributed by atoms with Gasteiger partial charge in [-0.2, -0.15) is 5.10 Å². The molecule has 1 unspecified atom stereocenters. The molecule has 0 aliphatic carbocycles. The summed E-state index contributed by atoms with van der Waals surface area (Å²) in [5.41, 5.74) is 2.11. The number of hydrogen-bond donors (Lipinski definition) is 1. The Morgan fingerprint density at radius 1 is 1.53 bits per heavy atom. The van der Waals surface area contributed by atoms with E-state index < -0.39 is 0 Å². The minimum Gasteiger partial charge on any atom is -0.481 e. The minimum atomic E-state index is -0.255. The van der Waals surface area contributed by atoms with Crippen molar-refractivity contribution in [3.63, 3.8) is 0 Å². The average Bonchev–Trinajstić information content (AvgIpc) is 2.50. The zero-order valence-corrected chi connectivity index (χ0v) is 11.4. The zero-order chi connectivity index (χ0) is 13.0. The number of aliphatic hydroxyl groups excluding tert-OH is 1. The molecule has 5 nitrogen and oxygen atoms in total. The molecule has 1 aromatic rings. The van der Waals surface area contributed by atoms with E-state index in [2.05, 4.69) is 10.00 Å². The van der Waals surface area contributed by atoms with Crippen molar-refractivity contribution < 1.29 is 9.84 Å². The van der Waals surface area contributed by atoms with Gasteiger partial charge in [0.1, 0.15) is 0 Å². The number of ether oxygens (including phenoxy) is 1. The highest BCUT2D eigenvalue weighted by Crippen LogP contribution is 2.22. The number of nitrogens with zero attached hydrogens (tertiary/aromatic N) is 3. The maximum atomic E-state index is 9.26. The summed E-state index contributed by atoms with van der Waals surface area (Å²) in [4.78, 5) is 2.17. The summed E-state index contributed by atoms with van der Waals surface area (Å²) >= 11 is 0.